The average molecular weight is 315 g/mol. The Balaban J connectivity index is 1.82. The molecular weight excluding hydrogens is 302 g/mol. The molecule has 116 valence electrons. The van der Waals surface area contributed by atoms with E-state index in [1.165, 1.54) is 6.21 Å². The monoisotopic (exact) mass is 315 g/mol. The van der Waals surface area contributed by atoms with E-state index in [4.69, 9.17) is 5.26 Å². The molecule has 1 amide bonds. The number of phenolic OH excluding ortho intramolecular Hbond substituents is 1. The topological polar surface area (TPSA) is 85.5 Å². The van der Waals surface area contributed by atoms with E-state index in [2.05, 4.69) is 16.6 Å². The molecule has 0 atom stereocenters. The van der Waals surface area contributed by atoms with Gasteiger partial charge in [0.25, 0.3) is 5.91 Å². The molecule has 24 heavy (non-hydrogen) atoms. The van der Waals surface area contributed by atoms with Gasteiger partial charge in [0.05, 0.1) is 23.4 Å². The van der Waals surface area contributed by atoms with Crippen LogP contribution in [0.1, 0.15) is 21.5 Å². The van der Waals surface area contributed by atoms with E-state index < -0.39 is 5.91 Å². The second kappa shape index (κ2) is 6.63. The van der Waals surface area contributed by atoms with Crippen molar-refractivity contribution in [3.05, 3.63) is 77.4 Å². The number of amides is 1. The number of carbonyl (C=O) groups is 1. The molecule has 0 aromatic heterocycles. The van der Waals surface area contributed by atoms with Crippen LogP contribution in [-0.4, -0.2) is 17.2 Å². The van der Waals surface area contributed by atoms with Crippen molar-refractivity contribution in [2.24, 2.45) is 5.10 Å². The van der Waals surface area contributed by atoms with Gasteiger partial charge in [-0.15, -0.1) is 0 Å². The number of hydrogen-bond donors (Lipinski definition) is 2. The third-order valence-electron chi connectivity index (χ3n) is 3.56. The second-order valence-electron chi connectivity index (χ2n) is 5.11. The van der Waals surface area contributed by atoms with Gasteiger partial charge >= 0.3 is 0 Å². The van der Waals surface area contributed by atoms with Crippen LogP contribution in [0.4, 0.5) is 0 Å². The van der Waals surface area contributed by atoms with Gasteiger partial charge in [0.1, 0.15) is 5.75 Å². The standard InChI is InChI=1S/C19H13N3O2/c20-11-15-7-3-4-8-16(15)12-21-22-19(24)17-9-13-5-1-2-6-14(13)10-18(17)23/h1-10,12,23H,(H,22,24)/b21-12+. The molecule has 0 fully saturated rings. The summed E-state index contributed by atoms with van der Waals surface area (Å²) in [6.45, 7) is 0. The van der Waals surface area contributed by atoms with Crippen molar-refractivity contribution in [2.75, 3.05) is 0 Å². The number of nitriles is 1. The highest BCUT2D eigenvalue weighted by atomic mass is 16.3. The normalized spacial score (nSPS) is 10.6. The predicted molar refractivity (Wildman–Crippen MR) is 91.8 cm³/mol. The Kier molecular flexibility index (Phi) is 4.21. The number of benzene rings is 3. The van der Waals surface area contributed by atoms with Crippen molar-refractivity contribution in [1.82, 2.24) is 5.43 Å². The van der Waals surface area contributed by atoms with Crippen LogP contribution in [0.15, 0.2) is 65.8 Å². The number of aromatic hydroxyl groups is 1. The Morgan fingerprint density at radius 1 is 1.08 bits per heavy atom. The van der Waals surface area contributed by atoms with Crippen LogP contribution < -0.4 is 5.43 Å². The molecule has 3 aromatic rings. The Hall–Kier alpha value is -3.65. The van der Waals surface area contributed by atoms with Gasteiger partial charge in [0.2, 0.25) is 0 Å². The number of hydrazone groups is 1. The van der Waals surface area contributed by atoms with Gasteiger partial charge < -0.3 is 5.11 Å². The van der Waals surface area contributed by atoms with Crippen LogP contribution in [0.25, 0.3) is 10.8 Å². The first-order chi connectivity index (χ1) is 11.7. The van der Waals surface area contributed by atoms with E-state index in [0.29, 0.717) is 11.1 Å². The molecule has 5 nitrogen and oxygen atoms in total. The lowest BCUT2D eigenvalue weighted by Crippen LogP contribution is -2.17. The molecule has 2 N–H and O–H groups in total. The zero-order chi connectivity index (χ0) is 16.9. The highest BCUT2D eigenvalue weighted by Crippen LogP contribution is 2.24. The summed E-state index contributed by atoms with van der Waals surface area (Å²) in [5.41, 5.74) is 3.57. The summed E-state index contributed by atoms with van der Waals surface area (Å²) in [5.74, 6) is -0.636. The molecule has 0 aliphatic carbocycles. The predicted octanol–water partition coefficient (Wildman–Crippen LogP) is 3.18. The summed E-state index contributed by atoms with van der Waals surface area (Å²) in [5, 5.41) is 24.6. The number of phenols is 1. The Morgan fingerprint density at radius 3 is 2.50 bits per heavy atom. The number of nitrogens with zero attached hydrogens (tertiary/aromatic N) is 2. The maximum atomic E-state index is 12.2. The Bertz CT molecular complexity index is 987. The lowest BCUT2D eigenvalue weighted by molar-refractivity contribution is 0.0952. The van der Waals surface area contributed by atoms with Gasteiger partial charge in [-0.1, -0.05) is 42.5 Å². The van der Waals surface area contributed by atoms with Crippen molar-refractivity contribution < 1.29 is 9.90 Å². The van der Waals surface area contributed by atoms with Crippen molar-refractivity contribution in [2.45, 2.75) is 0 Å². The van der Waals surface area contributed by atoms with Crippen molar-refractivity contribution in [1.29, 1.82) is 5.26 Å². The first-order valence-electron chi connectivity index (χ1n) is 7.23. The van der Waals surface area contributed by atoms with Gasteiger partial charge in [-0.05, 0) is 29.0 Å². The lowest BCUT2D eigenvalue weighted by Gasteiger charge is -2.05. The van der Waals surface area contributed by atoms with E-state index in [0.717, 1.165) is 10.8 Å². The van der Waals surface area contributed by atoms with Crippen molar-refractivity contribution in [3.63, 3.8) is 0 Å². The fraction of sp³-hybridized carbons (Fsp3) is 0. The fourth-order valence-electron chi connectivity index (χ4n) is 2.34. The quantitative estimate of drug-likeness (QED) is 0.575. The van der Waals surface area contributed by atoms with Gasteiger partial charge in [-0.3, -0.25) is 4.79 Å². The molecule has 0 spiro atoms. The highest BCUT2D eigenvalue weighted by Gasteiger charge is 2.11. The molecule has 0 heterocycles. The minimum Gasteiger partial charge on any atom is -0.507 e. The molecule has 0 unspecified atom stereocenters. The van der Waals surface area contributed by atoms with Crippen LogP contribution in [0, 0.1) is 11.3 Å². The molecule has 0 aliphatic rings. The third-order valence-corrected chi connectivity index (χ3v) is 3.56. The molecule has 3 rings (SSSR count). The molecule has 0 saturated heterocycles. The highest BCUT2D eigenvalue weighted by molar-refractivity contribution is 6.01. The molecule has 0 saturated carbocycles. The first kappa shape index (κ1) is 15.3. The molecule has 3 aromatic carbocycles. The van der Waals surface area contributed by atoms with Crippen LogP contribution >= 0.6 is 0 Å². The van der Waals surface area contributed by atoms with Crippen LogP contribution in [-0.2, 0) is 0 Å². The minimum atomic E-state index is -0.524. The van der Waals surface area contributed by atoms with E-state index in [1.807, 2.05) is 24.3 Å². The van der Waals surface area contributed by atoms with E-state index >= 15 is 0 Å². The van der Waals surface area contributed by atoms with Gasteiger partial charge in [-0.2, -0.15) is 10.4 Å². The molecular formula is C19H13N3O2. The minimum absolute atomic E-state index is 0.112. The summed E-state index contributed by atoms with van der Waals surface area (Å²) in [7, 11) is 0. The molecule has 0 bridgehead atoms. The zero-order valence-corrected chi connectivity index (χ0v) is 12.6. The Morgan fingerprint density at radius 2 is 1.75 bits per heavy atom. The van der Waals surface area contributed by atoms with E-state index in [9.17, 15) is 9.90 Å². The number of nitrogens with one attached hydrogen (secondary N) is 1. The summed E-state index contributed by atoms with van der Waals surface area (Å²) >= 11 is 0. The van der Waals surface area contributed by atoms with Crippen molar-refractivity contribution >= 4 is 22.9 Å². The maximum absolute atomic E-state index is 12.2. The second-order valence-corrected chi connectivity index (χ2v) is 5.11. The van der Waals surface area contributed by atoms with Crippen molar-refractivity contribution in [3.8, 4) is 11.8 Å². The summed E-state index contributed by atoms with van der Waals surface area (Å²) < 4.78 is 0. The van der Waals surface area contributed by atoms with Crippen LogP contribution in [0.2, 0.25) is 0 Å². The molecule has 0 aliphatic heterocycles. The lowest BCUT2D eigenvalue weighted by atomic mass is 10.1. The third kappa shape index (κ3) is 3.08. The number of hydrogen-bond acceptors (Lipinski definition) is 4. The maximum Gasteiger partial charge on any atom is 0.275 e. The van der Waals surface area contributed by atoms with Gasteiger partial charge in [0, 0.05) is 5.56 Å². The van der Waals surface area contributed by atoms with Crippen LogP contribution in [0.3, 0.4) is 0 Å². The number of carbonyl (C=O) groups excluding carboxylic acids is 1. The summed E-state index contributed by atoms with van der Waals surface area (Å²) in [6, 6.07) is 19.6. The van der Waals surface area contributed by atoms with Gasteiger partial charge in [0.15, 0.2) is 0 Å². The first-order valence-corrected chi connectivity index (χ1v) is 7.23. The Labute approximate surface area is 138 Å². The zero-order valence-electron chi connectivity index (χ0n) is 12.6. The molecule has 5 heteroatoms. The van der Waals surface area contributed by atoms with Crippen LogP contribution in [0.5, 0.6) is 5.75 Å². The summed E-state index contributed by atoms with van der Waals surface area (Å²) in [6.07, 6.45) is 1.40. The SMILES string of the molecule is N#Cc1ccccc1/C=N/NC(=O)c1cc2ccccc2cc1O. The van der Waals surface area contributed by atoms with E-state index in [1.54, 1.807) is 36.4 Å². The molecule has 0 radical (unpaired) electrons. The average Bonchev–Trinajstić information content (AvgIpc) is 2.61. The summed E-state index contributed by atoms with van der Waals surface area (Å²) in [4.78, 5) is 12.2. The number of rotatable bonds is 3. The largest absolute Gasteiger partial charge is 0.507 e. The van der Waals surface area contributed by atoms with Gasteiger partial charge in [-0.25, -0.2) is 5.43 Å². The number of fused-ring (bicyclic) bond motifs is 1. The van der Waals surface area contributed by atoms with E-state index in [-0.39, 0.29) is 11.3 Å². The fourth-order valence-corrected chi connectivity index (χ4v) is 2.34. The smallest absolute Gasteiger partial charge is 0.275 e.